The number of aliphatic carboxylic acids is 1. The molecule has 3 nitrogen and oxygen atoms in total. The lowest BCUT2D eigenvalue weighted by molar-refractivity contribution is -0.136. The first-order valence-corrected chi connectivity index (χ1v) is 4.47. The fourth-order valence-corrected chi connectivity index (χ4v) is 1.46. The molecule has 0 aromatic heterocycles. The molecule has 70 valence electrons. The smallest absolute Gasteiger partial charge is 0.307 e. The molecule has 0 heterocycles. The van der Waals surface area contributed by atoms with Crippen molar-refractivity contribution in [3.8, 4) is 5.75 Å². The molecule has 0 spiro atoms. The van der Waals surface area contributed by atoms with Gasteiger partial charge >= 0.3 is 5.97 Å². The summed E-state index contributed by atoms with van der Waals surface area (Å²) in [6.07, 6.45) is 0.0184. The van der Waals surface area contributed by atoms with E-state index in [1.54, 1.807) is 25.3 Å². The summed E-state index contributed by atoms with van der Waals surface area (Å²) < 4.78 is 5.74. The molecule has 1 aromatic rings. The third-order valence-electron chi connectivity index (χ3n) is 1.60. The summed E-state index contributed by atoms with van der Waals surface area (Å²) >= 11 is 3.27. The van der Waals surface area contributed by atoms with Gasteiger partial charge in [-0.3, -0.25) is 4.79 Å². The van der Waals surface area contributed by atoms with Gasteiger partial charge < -0.3 is 9.84 Å². The molecule has 0 radical (unpaired) electrons. The van der Waals surface area contributed by atoms with Crippen LogP contribution in [0.5, 0.6) is 5.75 Å². The number of carboxylic acids is 1. The van der Waals surface area contributed by atoms with Crippen molar-refractivity contribution in [2.24, 2.45) is 0 Å². The van der Waals surface area contributed by atoms with Crippen molar-refractivity contribution >= 4 is 21.9 Å². The summed E-state index contributed by atoms with van der Waals surface area (Å²) in [6, 6.07) is 5.22. The molecule has 4 heteroatoms. The number of carbonyl (C=O) groups is 1. The number of benzene rings is 1. The molecule has 13 heavy (non-hydrogen) atoms. The summed E-state index contributed by atoms with van der Waals surface area (Å²) in [5.74, 6) is -0.133. The molecule has 0 saturated heterocycles. The Labute approximate surface area is 84.5 Å². The number of rotatable bonds is 3. The number of hydrogen-bond donors (Lipinski definition) is 1. The highest BCUT2D eigenvalue weighted by atomic mass is 79.9. The Balaban J connectivity index is 2.91. The third kappa shape index (κ3) is 2.73. The van der Waals surface area contributed by atoms with Crippen LogP contribution in [0.2, 0.25) is 0 Å². The zero-order valence-electron chi connectivity index (χ0n) is 7.08. The molecule has 0 aliphatic heterocycles. The molecule has 1 N–H and O–H groups in total. The average Bonchev–Trinajstić information content (AvgIpc) is 2.08. The topological polar surface area (TPSA) is 46.5 Å². The van der Waals surface area contributed by atoms with E-state index in [4.69, 9.17) is 9.84 Å². The van der Waals surface area contributed by atoms with E-state index in [0.29, 0.717) is 5.75 Å². The maximum absolute atomic E-state index is 10.4. The fraction of sp³-hybridized carbons (Fsp3) is 0.222. The van der Waals surface area contributed by atoms with E-state index in [0.717, 1.165) is 10.0 Å². The molecule has 0 amide bonds. The Kier molecular flexibility index (Phi) is 3.31. The van der Waals surface area contributed by atoms with Crippen molar-refractivity contribution in [1.82, 2.24) is 0 Å². The Hall–Kier alpha value is -1.03. The Morgan fingerprint density at radius 3 is 2.77 bits per heavy atom. The second-order valence-corrected chi connectivity index (χ2v) is 3.38. The fourth-order valence-electron chi connectivity index (χ4n) is 0.961. The highest BCUT2D eigenvalue weighted by molar-refractivity contribution is 9.10. The molecule has 0 atom stereocenters. The molecule has 1 rings (SSSR count). The maximum Gasteiger partial charge on any atom is 0.307 e. The van der Waals surface area contributed by atoms with Gasteiger partial charge in [-0.05, 0) is 17.7 Å². The van der Waals surface area contributed by atoms with Crippen molar-refractivity contribution < 1.29 is 14.6 Å². The summed E-state index contributed by atoms with van der Waals surface area (Å²) in [4.78, 5) is 10.4. The Morgan fingerprint density at radius 1 is 1.62 bits per heavy atom. The Bertz CT molecular complexity index is 323. The molecule has 0 bridgehead atoms. The lowest BCUT2D eigenvalue weighted by atomic mass is 10.1. The first kappa shape index (κ1) is 10.1. The van der Waals surface area contributed by atoms with Crippen molar-refractivity contribution in [3.63, 3.8) is 0 Å². The highest BCUT2D eigenvalue weighted by Crippen LogP contribution is 2.23. The van der Waals surface area contributed by atoms with E-state index in [1.807, 2.05) is 0 Å². The number of hydrogen-bond acceptors (Lipinski definition) is 2. The number of halogens is 1. The molecule has 0 aliphatic carbocycles. The van der Waals surface area contributed by atoms with Gasteiger partial charge in [0, 0.05) is 4.47 Å². The predicted octanol–water partition coefficient (Wildman–Crippen LogP) is 2.08. The number of carboxylic acid groups (broad SMARTS) is 1. The first-order valence-electron chi connectivity index (χ1n) is 3.67. The maximum atomic E-state index is 10.4. The summed E-state index contributed by atoms with van der Waals surface area (Å²) in [5, 5.41) is 8.57. The minimum atomic E-state index is -0.842. The van der Waals surface area contributed by atoms with Gasteiger partial charge in [-0.2, -0.15) is 0 Å². The van der Waals surface area contributed by atoms with Gasteiger partial charge in [0.1, 0.15) is 5.75 Å². The molecule has 0 saturated carbocycles. The largest absolute Gasteiger partial charge is 0.497 e. The summed E-state index contributed by atoms with van der Waals surface area (Å²) in [5.41, 5.74) is 0.744. The lowest BCUT2D eigenvalue weighted by Crippen LogP contribution is -2.00. The molecular formula is C9H9BrO3. The summed E-state index contributed by atoms with van der Waals surface area (Å²) in [6.45, 7) is 0. The average molecular weight is 245 g/mol. The van der Waals surface area contributed by atoms with E-state index in [2.05, 4.69) is 15.9 Å². The number of ether oxygens (including phenoxy) is 1. The molecule has 0 unspecified atom stereocenters. The van der Waals surface area contributed by atoms with Gasteiger partial charge in [0.15, 0.2) is 0 Å². The molecule has 0 aliphatic rings. The minimum Gasteiger partial charge on any atom is -0.497 e. The van der Waals surface area contributed by atoms with Crippen LogP contribution in [0, 0.1) is 0 Å². The van der Waals surface area contributed by atoms with Crippen LogP contribution in [0.4, 0.5) is 0 Å². The van der Waals surface area contributed by atoms with Crippen molar-refractivity contribution in [1.29, 1.82) is 0 Å². The highest BCUT2D eigenvalue weighted by Gasteiger charge is 2.05. The zero-order chi connectivity index (χ0) is 9.84. The quantitative estimate of drug-likeness (QED) is 0.886. The van der Waals surface area contributed by atoms with Crippen molar-refractivity contribution in [3.05, 3.63) is 28.2 Å². The minimum absolute atomic E-state index is 0.0184. The van der Waals surface area contributed by atoms with Gasteiger partial charge in [-0.25, -0.2) is 0 Å². The SMILES string of the molecule is COc1ccc(CC(=O)O)c(Br)c1. The third-order valence-corrected chi connectivity index (χ3v) is 2.34. The number of methoxy groups -OCH3 is 1. The van der Waals surface area contributed by atoms with E-state index in [1.165, 1.54) is 0 Å². The first-order chi connectivity index (χ1) is 6.13. The van der Waals surface area contributed by atoms with Gasteiger partial charge in [-0.1, -0.05) is 22.0 Å². The van der Waals surface area contributed by atoms with Crippen molar-refractivity contribution in [2.45, 2.75) is 6.42 Å². The van der Waals surface area contributed by atoms with Crippen LogP contribution in [-0.2, 0) is 11.2 Å². The van der Waals surface area contributed by atoms with E-state index in [9.17, 15) is 4.79 Å². The zero-order valence-corrected chi connectivity index (χ0v) is 8.67. The van der Waals surface area contributed by atoms with Crippen LogP contribution >= 0.6 is 15.9 Å². The Morgan fingerprint density at radius 2 is 2.31 bits per heavy atom. The van der Waals surface area contributed by atoms with Crippen LogP contribution < -0.4 is 4.74 Å². The molecule has 1 aromatic carbocycles. The van der Waals surface area contributed by atoms with Crippen LogP contribution in [0.1, 0.15) is 5.56 Å². The summed E-state index contributed by atoms with van der Waals surface area (Å²) in [7, 11) is 1.57. The van der Waals surface area contributed by atoms with Crippen LogP contribution in [0.25, 0.3) is 0 Å². The lowest BCUT2D eigenvalue weighted by Gasteiger charge is -2.04. The van der Waals surface area contributed by atoms with Gasteiger partial charge in [0.25, 0.3) is 0 Å². The van der Waals surface area contributed by atoms with E-state index in [-0.39, 0.29) is 6.42 Å². The van der Waals surface area contributed by atoms with Crippen LogP contribution in [0.15, 0.2) is 22.7 Å². The van der Waals surface area contributed by atoms with Crippen LogP contribution in [-0.4, -0.2) is 18.2 Å². The predicted molar refractivity (Wildman–Crippen MR) is 52.0 cm³/mol. The normalized spacial score (nSPS) is 9.69. The standard InChI is InChI=1S/C9H9BrO3/c1-13-7-3-2-6(4-9(11)12)8(10)5-7/h2-3,5H,4H2,1H3,(H,11,12). The second kappa shape index (κ2) is 4.28. The van der Waals surface area contributed by atoms with Crippen molar-refractivity contribution in [2.75, 3.05) is 7.11 Å². The monoisotopic (exact) mass is 244 g/mol. The van der Waals surface area contributed by atoms with E-state index >= 15 is 0 Å². The van der Waals surface area contributed by atoms with Crippen LogP contribution in [0.3, 0.4) is 0 Å². The second-order valence-electron chi connectivity index (χ2n) is 2.53. The molecular weight excluding hydrogens is 236 g/mol. The van der Waals surface area contributed by atoms with Gasteiger partial charge in [0.05, 0.1) is 13.5 Å². The van der Waals surface area contributed by atoms with Gasteiger partial charge in [-0.15, -0.1) is 0 Å². The van der Waals surface area contributed by atoms with Gasteiger partial charge in [0.2, 0.25) is 0 Å². The molecule has 0 fully saturated rings. The van der Waals surface area contributed by atoms with E-state index < -0.39 is 5.97 Å².